The van der Waals surface area contributed by atoms with Gasteiger partial charge in [0.1, 0.15) is 0 Å². The maximum absolute atomic E-state index is 12.6. The molecule has 0 aromatic carbocycles. The Morgan fingerprint density at radius 3 is 2.71 bits per heavy atom. The zero-order valence-corrected chi connectivity index (χ0v) is 10.9. The van der Waals surface area contributed by atoms with Crippen molar-refractivity contribution in [1.29, 1.82) is 0 Å². The van der Waals surface area contributed by atoms with Crippen LogP contribution in [-0.2, 0) is 6.18 Å². The number of likely N-dealkylation sites (tertiary alicyclic amines) is 1. The summed E-state index contributed by atoms with van der Waals surface area (Å²) in [7, 11) is 1.97. The lowest BCUT2D eigenvalue weighted by atomic mass is 9.95. The van der Waals surface area contributed by atoms with Crippen LogP contribution in [-0.4, -0.2) is 35.2 Å². The second-order valence-corrected chi connectivity index (χ2v) is 5.19. The van der Waals surface area contributed by atoms with Crippen molar-refractivity contribution in [3.8, 4) is 0 Å². The molecule has 1 N–H and O–H groups in total. The van der Waals surface area contributed by atoms with Crippen molar-refractivity contribution >= 4 is 15.9 Å². The van der Waals surface area contributed by atoms with Crippen molar-refractivity contribution in [2.75, 3.05) is 20.1 Å². The number of halogens is 4. The van der Waals surface area contributed by atoms with Gasteiger partial charge in [0.05, 0.1) is 10.2 Å². The third-order valence-electron chi connectivity index (χ3n) is 3.03. The van der Waals surface area contributed by atoms with Crippen LogP contribution in [0, 0.1) is 0 Å². The molecule has 1 unspecified atom stereocenters. The van der Waals surface area contributed by atoms with Crippen LogP contribution in [0.3, 0.4) is 0 Å². The quantitative estimate of drug-likeness (QED) is 0.864. The van der Waals surface area contributed by atoms with Gasteiger partial charge in [-0.25, -0.2) is 0 Å². The Bertz CT molecular complexity index is 402. The van der Waals surface area contributed by atoms with Crippen molar-refractivity contribution in [2.24, 2.45) is 0 Å². The molecule has 0 radical (unpaired) electrons. The van der Waals surface area contributed by atoms with Gasteiger partial charge < -0.3 is 4.90 Å². The standard InChI is InChI=1S/C10H13BrF3N3/c1-17-4-2-3-6(5-17)8-7(11)9(16-15-8)10(12,13)14/h6H,2-5H2,1H3,(H,15,16). The fourth-order valence-corrected chi connectivity index (χ4v) is 2.93. The summed E-state index contributed by atoms with van der Waals surface area (Å²) >= 11 is 3.01. The molecule has 96 valence electrons. The van der Waals surface area contributed by atoms with Crippen LogP contribution in [0.15, 0.2) is 4.47 Å². The molecule has 0 aliphatic carbocycles. The monoisotopic (exact) mass is 311 g/mol. The second kappa shape index (κ2) is 4.61. The Hall–Kier alpha value is -0.560. The molecule has 7 heteroatoms. The minimum absolute atomic E-state index is 0.0605. The molecule has 2 rings (SSSR count). The summed E-state index contributed by atoms with van der Waals surface area (Å²) in [5, 5.41) is 5.90. The van der Waals surface area contributed by atoms with Crippen LogP contribution >= 0.6 is 15.9 Å². The van der Waals surface area contributed by atoms with E-state index in [9.17, 15) is 13.2 Å². The third kappa shape index (κ3) is 2.65. The smallest absolute Gasteiger partial charge is 0.306 e. The van der Waals surface area contributed by atoms with Gasteiger partial charge >= 0.3 is 6.18 Å². The van der Waals surface area contributed by atoms with Crippen molar-refractivity contribution in [1.82, 2.24) is 15.1 Å². The fourth-order valence-electron chi connectivity index (χ4n) is 2.20. The molecule has 2 heterocycles. The van der Waals surface area contributed by atoms with Gasteiger partial charge in [0.15, 0.2) is 5.69 Å². The largest absolute Gasteiger partial charge is 0.436 e. The zero-order valence-electron chi connectivity index (χ0n) is 9.31. The Labute approximate surface area is 106 Å². The van der Waals surface area contributed by atoms with E-state index in [1.165, 1.54) is 0 Å². The number of aromatic amines is 1. The highest BCUT2D eigenvalue weighted by molar-refractivity contribution is 9.10. The Kier molecular flexibility index (Phi) is 3.49. The fraction of sp³-hybridized carbons (Fsp3) is 0.700. The maximum Gasteiger partial charge on any atom is 0.436 e. The minimum Gasteiger partial charge on any atom is -0.306 e. The van der Waals surface area contributed by atoms with Gasteiger partial charge in [0, 0.05) is 12.5 Å². The van der Waals surface area contributed by atoms with Crippen LogP contribution in [0.5, 0.6) is 0 Å². The van der Waals surface area contributed by atoms with E-state index in [0.29, 0.717) is 5.69 Å². The van der Waals surface area contributed by atoms with Crippen molar-refractivity contribution in [3.63, 3.8) is 0 Å². The third-order valence-corrected chi connectivity index (χ3v) is 3.84. The van der Waals surface area contributed by atoms with E-state index < -0.39 is 11.9 Å². The molecule has 1 aromatic rings. The lowest BCUT2D eigenvalue weighted by Crippen LogP contribution is -2.31. The summed E-state index contributed by atoms with van der Waals surface area (Å²) in [6.07, 6.45) is -2.52. The van der Waals surface area contributed by atoms with Crippen LogP contribution in [0.4, 0.5) is 13.2 Å². The molecule has 1 aliphatic heterocycles. The summed E-state index contributed by atoms with van der Waals surface area (Å²) in [5.74, 6) is 0.0896. The van der Waals surface area contributed by atoms with Crippen LogP contribution < -0.4 is 0 Å². The number of nitrogens with zero attached hydrogens (tertiary/aromatic N) is 2. The van der Waals surface area contributed by atoms with Gasteiger partial charge in [-0.3, -0.25) is 5.10 Å². The molecule has 1 aliphatic rings. The minimum atomic E-state index is -4.41. The second-order valence-electron chi connectivity index (χ2n) is 4.40. The van der Waals surface area contributed by atoms with E-state index in [0.717, 1.165) is 25.9 Å². The van der Waals surface area contributed by atoms with Crippen LogP contribution in [0.2, 0.25) is 0 Å². The summed E-state index contributed by atoms with van der Waals surface area (Å²) < 4.78 is 37.8. The normalized spacial score (nSPS) is 23.0. The number of rotatable bonds is 1. The lowest BCUT2D eigenvalue weighted by Gasteiger charge is -2.29. The van der Waals surface area contributed by atoms with Gasteiger partial charge in [0.25, 0.3) is 0 Å². The predicted molar refractivity (Wildman–Crippen MR) is 60.8 cm³/mol. The first-order valence-corrected chi connectivity index (χ1v) is 6.18. The first kappa shape index (κ1) is 12.9. The molecule has 0 amide bonds. The molecule has 3 nitrogen and oxygen atoms in total. The Morgan fingerprint density at radius 2 is 2.18 bits per heavy atom. The molecule has 0 spiro atoms. The number of aromatic nitrogens is 2. The van der Waals surface area contributed by atoms with Gasteiger partial charge in [-0.2, -0.15) is 18.3 Å². The molecule has 17 heavy (non-hydrogen) atoms. The predicted octanol–water partition coefficient (Wildman–Crippen LogP) is 3.00. The number of nitrogens with one attached hydrogen (secondary N) is 1. The molecule has 0 bridgehead atoms. The summed E-state index contributed by atoms with van der Waals surface area (Å²) in [6.45, 7) is 1.76. The van der Waals surface area contributed by atoms with Gasteiger partial charge in [-0.05, 0) is 42.4 Å². The number of piperidine rings is 1. The number of H-pyrrole nitrogens is 1. The molecule has 1 saturated heterocycles. The van der Waals surface area contributed by atoms with Gasteiger partial charge in [-0.1, -0.05) is 0 Å². The van der Waals surface area contributed by atoms with Crippen LogP contribution in [0.1, 0.15) is 30.1 Å². The number of alkyl halides is 3. The average molecular weight is 312 g/mol. The summed E-state index contributed by atoms with van der Waals surface area (Å²) in [5.41, 5.74) is -0.301. The highest BCUT2D eigenvalue weighted by Gasteiger charge is 2.38. The van der Waals surface area contributed by atoms with E-state index in [1.54, 1.807) is 0 Å². The van der Waals surface area contributed by atoms with Crippen molar-refractivity contribution < 1.29 is 13.2 Å². The summed E-state index contributed by atoms with van der Waals surface area (Å²) in [4.78, 5) is 2.12. The first-order valence-electron chi connectivity index (χ1n) is 5.39. The van der Waals surface area contributed by atoms with Gasteiger partial charge in [-0.15, -0.1) is 0 Å². The van der Waals surface area contributed by atoms with E-state index >= 15 is 0 Å². The molecule has 1 atom stereocenters. The van der Waals surface area contributed by atoms with E-state index in [2.05, 4.69) is 31.0 Å². The van der Waals surface area contributed by atoms with Crippen molar-refractivity contribution in [2.45, 2.75) is 24.9 Å². The Morgan fingerprint density at radius 1 is 1.47 bits per heavy atom. The number of hydrogen-bond donors (Lipinski definition) is 1. The average Bonchev–Trinajstić information content (AvgIpc) is 2.59. The Balaban J connectivity index is 2.25. The van der Waals surface area contributed by atoms with Crippen LogP contribution in [0.25, 0.3) is 0 Å². The highest BCUT2D eigenvalue weighted by atomic mass is 79.9. The number of hydrogen-bond acceptors (Lipinski definition) is 2. The molecule has 1 fully saturated rings. The zero-order chi connectivity index (χ0) is 12.6. The topological polar surface area (TPSA) is 31.9 Å². The molecular weight excluding hydrogens is 299 g/mol. The van der Waals surface area contributed by atoms with E-state index in [1.807, 2.05) is 7.05 Å². The summed E-state index contributed by atoms with van der Waals surface area (Å²) in [6, 6.07) is 0. The SMILES string of the molecule is CN1CCCC(c2[nH]nc(C(F)(F)F)c2Br)C1. The van der Waals surface area contributed by atoms with Crippen molar-refractivity contribution in [3.05, 3.63) is 15.9 Å². The van der Waals surface area contributed by atoms with E-state index in [4.69, 9.17) is 0 Å². The molecule has 1 aromatic heterocycles. The van der Waals surface area contributed by atoms with Gasteiger partial charge in [0.2, 0.25) is 0 Å². The highest BCUT2D eigenvalue weighted by Crippen LogP contribution is 2.38. The van der Waals surface area contributed by atoms with E-state index in [-0.39, 0.29) is 10.4 Å². The lowest BCUT2D eigenvalue weighted by molar-refractivity contribution is -0.141. The maximum atomic E-state index is 12.6. The molecule has 0 saturated carbocycles. The first-order chi connectivity index (χ1) is 7.89. The number of likely N-dealkylation sites (N-methyl/N-ethyl adjacent to an activating group) is 1. The molecular formula is C10H13BrF3N3.